The maximum absolute atomic E-state index is 13.1. The molecule has 2 aliphatic heterocycles. The molecule has 2 atom stereocenters. The number of furan rings is 1. The Morgan fingerprint density at radius 3 is 2.47 bits per heavy atom. The van der Waals surface area contributed by atoms with E-state index in [0.29, 0.717) is 17.7 Å². The number of rotatable bonds is 6. The van der Waals surface area contributed by atoms with Crippen LogP contribution in [0, 0.1) is 5.92 Å². The maximum Gasteiger partial charge on any atom is 0.411 e. The number of hydrogen-bond acceptors (Lipinski definition) is 4. The van der Waals surface area contributed by atoms with Crippen molar-refractivity contribution in [2.45, 2.75) is 62.3 Å². The van der Waals surface area contributed by atoms with Crippen LogP contribution in [0.4, 0.5) is 13.2 Å². The van der Waals surface area contributed by atoms with Crippen LogP contribution in [0.1, 0.15) is 48.9 Å². The van der Waals surface area contributed by atoms with E-state index in [9.17, 15) is 22.8 Å². The van der Waals surface area contributed by atoms with E-state index in [4.69, 9.17) is 4.42 Å². The largest absolute Gasteiger partial charge is 0.463 e. The standard InChI is InChI=1S/C23H26F3N3O3/c24-23(25,26)22(7-8-22)28-20(30)12-29-15-5-6-16(29)10-14(9-15)11-27-21(31)18-13-32-19-4-2-1-3-17(18)19/h1-4,13-16H,5-12H2,(H,27,31)(H,28,30). The second-order valence-electron chi connectivity index (χ2n) is 9.38. The predicted octanol–water partition coefficient (Wildman–Crippen LogP) is 3.62. The van der Waals surface area contributed by atoms with Crippen molar-refractivity contribution < 1.29 is 27.2 Å². The van der Waals surface area contributed by atoms with Crippen molar-refractivity contribution >= 4 is 22.8 Å². The number of piperidine rings is 1. The molecular formula is C23H26F3N3O3. The zero-order chi connectivity index (χ0) is 22.5. The third-order valence-electron chi connectivity index (χ3n) is 7.26. The minimum Gasteiger partial charge on any atom is -0.463 e. The van der Waals surface area contributed by atoms with Crippen LogP contribution in [0.5, 0.6) is 0 Å². The Kier molecular flexibility index (Phi) is 5.19. The molecule has 3 heterocycles. The van der Waals surface area contributed by atoms with E-state index in [1.165, 1.54) is 6.26 Å². The molecule has 9 heteroatoms. The summed E-state index contributed by atoms with van der Waals surface area (Å²) in [4.78, 5) is 27.1. The quantitative estimate of drug-likeness (QED) is 0.707. The van der Waals surface area contributed by atoms with Gasteiger partial charge in [-0.05, 0) is 50.5 Å². The van der Waals surface area contributed by atoms with Gasteiger partial charge >= 0.3 is 6.18 Å². The van der Waals surface area contributed by atoms with Crippen molar-refractivity contribution in [3.63, 3.8) is 0 Å². The fourth-order valence-corrected chi connectivity index (χ4v) is 5.37. The molecule has 2 unspecified atom stereocenters. The summed E-state index contributed by atoms with van der Waals surface area (Å²) in [6.07, 6.45) is 0.497. The first-order valence-electron chi connectivity index (χ1n) is 11.1. The Balaban J connectivity index is 1.14. The van der Waals surface area contributed by atoms with Gasteiger partial charge in [0, 0.05) is 24.0 Å². The van der Waals surface area contributed by atoms with Gasteiger partial charge in [0.2, 0.25) is 5.91 Å². The lowest BCUT2D eigenvalue weighted by Gasteiger charge is -2.38. The van der Waals surface area contributed by atoms with E-state index < -0.39 is 17.6 Å². The van der Waals surface area contributed by atoms with Crippen LogP contribution < -0.4 is 10.6 Å². The normalized spacial score (nSPS) is 26.8. The Morgan fingerprint density at radius 2 is 1.81 bits per heavy atom. The number of halogens is 3. The highest BCUT2D eigenvalue weighted by atomic mass is 19.4. The van der Waals surface area contributed by atoms with Gasteiger partial charge in [-0.1, -0.05) is 18.2 Å². The zero-order valence-electron chi connectivity index (χ0n) is 17.6. The van der Waals surface area contributed by atoms with Gasteiger partial charge in [-0.3, -0.25) is 14.5 Å². The van der Waals surface area contributed by atoms with Crippen LogP contribution in [0.3, 0.4) is 0 Å². The van der Waals surface area contributed by atoms with Crippen LogP contribution >= 0.6 is 0 Å². The van der Waals surface area contributed by atoms with Crippen molar-refractivity contribution in [2.75, 3.05) is 13.1 Å². The van der Waals surface area contributed by atoms with Crippen molar-refractivity contribution in [1.82, 2.24) is 15.5 Å². The molecule has 2 saturated heterocycles. The molecule has 1 saturated carbocycles. The van der Waals surface area contributed by atoms with Gasteiger partial charge in [0.1, 0.15) is 17.4 Å². The van der Waals surface area contributed by atoms with Crippen LogP contribution in [-0.2, 0) is 4.79 Å². The Labute approximate surface area is 183 Å². The van der Waals surface area contributed by atoms with E-state index in [-0.39, 0.29) is 43.3 Å². The number of amides is 2. The summed E-state index contributed by atoms with van der Waals surface area (Å²) >= 11 is 0. The summed E-state index contributed by atoms with van der Waals surface area (Å²) in [5, 5.41) is 6.02. The molecule has 2 amide bonds. The van der Waals surface area contributed by atoms with Crippen LogP contribution in [0.15, 0.2) is 34.9 Å². The fourth-order valence-electron chi connectivity index (χ4n) is 5.37. The number of nitrogens with one attached hydrogen (secondary N) is 2. The third kappa shape index (κ3) is 3.87. The molecule has 3 fully saturated rings. The number of nitrogens with zero attached hydrogens (tertiary/aromatic N) is 1. The summed E-state index contributed by atoms with van der Waals surface area (Å²) in [7, 11) is 0. The first-order valence-corrected chi connectivity index (χ1v) is 11.1. The highest BCUT2D eigenvalue weighted by molar-refractivity contribution is 6.05. The topological polar surface area (TPSA) is 74.6 Å². The minimum atomic E-state index is -4.40. The van der Waals surface area contributed by atoms with Gasteiger partial charge in [0.15, 0.2) is 0 Å². The van der Waals surface area contributed by atoms with E-state index in [1.54, 1.807) is 0 Å². The van der Waals surface area contributed by atoms with Gasteiger partial charge in [-0.15, -0.1) is 0 Å². The van der Waals surface area contributed by atoms with Crippen LogP contribution in [0.2, 0.25) is 0 Å². The van der Waals surface area contributed by atoms with Crippen molar-refractivity contribution in [2.24, 2.45) is 5.92 Å². The minimum absolute atomic E-state index is 0.00719. The van der Waals surface area contributed by atoms with Gasteiger partial charge in [-0.25, -0.2) is 0 Å². The van der Waals surface area contributed by atoms with Gasteiger partial charge < -0.3 is 15.1 Å². The summed E-state index contributed by atoms with van der Waals surface area (Å²) in [5.41, 5.74) is -0.833. The first-order chi connectivity index (χ1) is 15.3. The Bertz CT molecular complexity index is 1020. The van der Waals surface area contributed by atoms with E-state index in [0.717, 1.165) is 31.1 Å². The fraction of sp³-hybridized carbons (Fsp3) is 0.565. The SMILES string of the molecule is O=C(CN1C2CCC1CC(CNC(=O)c1coc3ccccc13)C2)NC1(C(F)(F)F)CC1. The highest BCUT2D eigenvalue weighted by Gasteiger charge is 2.64. The molecule has 32 heavy (non-hydrogen) atoms. The number of alkyl halides is 3. The molecule has 0 spiro atoms. The second-order valence-corrected chi connectivity index (χ2v) is 9.38. The summed E-state index contributed by atoms with van der Waals surface area (Å²) in [5.74, 6) is -0.444. The summed E-state index contributed by atoms with van der Waals surface area (Å²) in [6.45, 7) is 0.538. The molecule has 6 nitrogen and oxygen atoms in total. The molecule has 3 aliphatic rings. The van der Waals surface area contributed by atoms with E-state index >= 15 is 0 Å². The molecule has 5 rings (SSSR count). The third-order valence-corrected chi connectivity index (χ3v) is 7.26. The average Bonchev–Trinajstić information content (AvgIpc) is 3.36. The van der Waals surface area contributed by atoms with Gasteiger partial charge in [0.25, 0.3) is 5.91 Å². The van der Waals surface area contributed by atoms with E-state index in [2.05, 4.69) is 15.5 Å². The molecule has 2 bridgehead atoms. The summed E-state index contributed by atoms with van der Waals surface area (Å²) < 4.78 is 44.8. The lowest BCUT2D eigenvalue weighted by atomic mass is 9.90. The van der Waals surface area contributed by atoms with Gasteiger partial charge in [-0.2, -0.15) is 13.2 Å². The Morgan fingerprint density at radius 1 is 1.12 bits per heavy atom. The number of benzene rings is 1. The van der Waals surface area contributed by atoms with Crippen LogP contribution in [0.25, 0.3) is 11.0 Å². The van der Waals surface area contributed by atoms with Crippen molar-refractivity contribution in [3.05, 3.63) is 36.1 Å². The lowest BCUT2D eigenvalue weighted by molar-refractivity contribution is -0.170. The summed E-state index contributed by atoms with van der Waals surface area (Å²) in [6, 6.07) is 7.70. The molecule has 172 valence electrons. The number of fused-ring (bicyclic) bond motifs is 3. The second kappa shape index (κ2) is 7.79. The molecule has 1 aromatic carbocycles. The van der Waals surface area contributed by atoms with Gasteiger partial charge in [0.05, 0.1) is 12.1 Å². The van der Waals surface area contributed by atoms with Crippen molar-refractivity contribution in [1.29, 1.82) is 0 Å². The van der Waals surface area contributed by atoms with E-state index in [1.807, 2.05) is 24.3 Å². The monoisotopic (exact) mass is 449 g/mol. The average molecular weight is 449 g/mol. The molecule has 2 N–H and O–H groups in total. The highest BCUT2D eigenvalue weighted by Crippen LogP contribution is 2.49. The molecule has 2 aromatic rings. The number of hydrogen-bond donors (Lipinski definition) is 2. The van der Waals surface area contributed by atoms with Crippen molar-refractivity contribution in [3.8, 4) is 0 Å². The molecular weight excluding hydrogens is 423 g/mol. The first kappa shape index (κ1) is 21.3. The number of para-hydroxylation sites is 1. The van der Waals surface area contributed by atoms with Crippen LogP contribution in [-0.4, -0.2) is 53.6 Å². The smallest absolute Gasteiger partial charge is 0.411 e. The number of carbonyl (C=O) groups excluding carboxylic acids is 2. The lowest BCUT2D eigenvalue weighted by Crippen LogP contribution is -2.54. The Hall–Kier alpha value is -2.55. The molecule has 0 radical (unpaired) electrons. The zero-order valence-corrected chi connectivity index (χ0v) is 17.6. The predicted molar refractivity (Wildman–Crippen MR) is 111 cm³/mol. The number of carbonyl (C=O) groups is 2. The molecule has 1 aliphatic carbocycles. The maximum atomic E-state index is 13.1. The molecule has 1 aromatic heterocycles.